The van der Waals surface area contributed by atoms with Gasteiger partial charge in [0.2, 0.25) is 0 Å². The second-order valence-corrected chi connectivity index (χ2v) is 2.68. The third kappa shape index (κ3) is 1.63. The molecule has 0 aromatic rings. The van der Waals surface area contributed by atoms with E-state index in [0.717, 1.165) is 0 Å². The molecule has 0 radical (unpaired) electrons. The first kappa shape index (κ1) is 9.57. The fraction of sp³-hybridized carbons (Fsp3) is 0.500. The minimum atomic E-state index is -0.647. The number of hydrogen-bond donors (Lipinski definition) is 2. The topological polar surface area (TPSA) is 75.6 Å². The standard InChI is InChI=1S/C8H11NO4/c1-3-13-8(12)5-4(2)9-7(11)6(5)10/h4,10H,3H2,1-2H3,(H,9,11). The van der Waals surface area contributed by atoms with Crippen LogP contribution in [-0.4, -0.2) is 29.6 Å². The molecular weight excluding hydrogens is 174 g/mol. The zero-order chi connectivity index (χ0) is 10.0. The number of aliphatic hydroxyl groups excluding tert-OH is 1. The molecule has 5 nitrogen and oxygen atoms in total. The minimum absolute atomic E-state index is 0.00634. The predicted octanol–water partition coefficient (Wildman–Crippen LogP) is -0.120. The van der Waals surface area contributed by atoms with Crippen molar-refractivity contribution in [2.75, 3.05) is 6.61 Å². The third-order valence-corrected chi connectivity index (χ3v) is 1.75. The Kier molecular flexibility index (Phi) is 2.55. The lowest BCUT2D eigenvalue weighted by atomic mass is 10.1. The van der Waals surface area contributed by atoms with Gasteiger partial charge in [-0.2, -0.15) is 0 Å². The summed E-state index contributed by atoms with van der Waals surface area (Å²) in [4.78, 5) is 22.1. The van der Waals surface area contributed by atoms with Crippen LogP contribution in [-0.2, 0) is 14.3 Å². The molecule has 1 atom stereocenters. The van der Waals surface area contributed by atoms with Crippen molar-refractivity contribution < 1.29 is 19.4 Å². The van der Waals surface area contributed by atoms with E-state index >= 15 is 0 Å². The van der Waals surface area contributed by atoms with Crippen LogP contribution >= 0.6 is 0 Å². The lowest BCUT2D eigenvalue weighted by molar-refractivity contribution is -0.139. The monoisotopic (exact) mass is 185 g/mol. The van der Waals surface area contributed by atoms with Gasteiger partial charge in [-0.05, 0) is 13.8 Å². The van der Waals surface area contributed by atoms with E-state index in [1.165, 1.54) is 0 Å². The van der Waals surface area contributed by atoms with E-state index in [1.807, 2.05) is 0 Å². The van der Waals surface area contributed by atoms with Crippen molar-refractivity contribution in [3.8, 4) is 0 Å². The highest BCUT2D eigenvalue weighted by Crippen LogP contribution is 2.16. The number of amides is 1. The van der Waals surface area contributed by atoms with E-state index in [-0.39, 0.29) is 12.2 Å². The van der Waals surface area contributed by atoms with Gasteiger partial charge in [0, 0.05) is 0 Å². The summed E-state index contributed by atoms with van der Waals surface area (Å²) in [5.74, 6) is -1.81. The summed E-state index contributed by atoms with van der Waals surface area (Å²) in [7, 11) is 0. The van der Waals surface area contributed by atoms with Crippen molar-refractivity contribution >= 4 is 11.9 Å². The normalized spacial score (nSPS) is 21.7. The highest BCUT2D eigenvalue weighted by Gasteiger charge is 2.33. The minimum Gasteiger partial charge on any atom is -0.503 e. The van der Waals surface area contributed by atoms with Gasteiger partial charge in [-0.3, -0.25) is 4.79 Å². The van der Waals surface area contributed by atoms with Crippen LogP contribution in [0, 0.1) is 0 Å². The van der Waals surface area contributed by atoms with E-state index in [9.17, 15) is 14.7 Å². The van der Waals surface area contributed by atoms with Crippen molar-refractivity contribution in [3.63, 3.8) is 0 Å². The summed E-state index contributed by atoms with van der Waals surface area (Å²) < 4.78 is 4.67. The van der Waals surface area contributed by atoms with Crippen LogP contribution in [0.2, 0.25) is 0 Å². The van der Waals surface area contributed by atoms with Gasteiger partial charge >= 0.3 is 5.97 Å². The molecule has 1 aliphatic heterocycles. The Bertz CT molecular complexity index is 282. The molecule has 13 heavy (non-hydrogen) atoms. The molecule has 1 aliphatic rings. The number of carbonyl (C=O) groups is 2. The Labute approximate surface area is 75.4 Å². The fourth-order valence-electron chi connectivity index (χ4n) is 1.15. The van der Waals surface area contributed by atoms with Gasteiger partial charge in [-0.1, -0.05) is 0 Å². The number of esters is 1. The molecule has 0 fully saturated rings. The maximum atomic E-state index is 11.2. The molecule has 1 rings (SSSR count). The zero-order valence-corrected chi connectivity index (χ0v) is 7.46. The second-order valence-electron chi connectivity index (χ2n) is 2.68. The first-order chi connectivity index (χ1) is 6.07. The number of carbonyl (C=O) groups excluding carboxylic acids is 2. The van der Waals surface area contributed by atoms with Crippen molar-refractivity contribution in [2.45, 2.75) is 19.9 Å². The number of nitrogens with one attached hydrogen (secondary N) is 1. The summed E-state index contributed by atoms with van der Waals surface area (Å²) in [5, 5.41) is 11.6. The van der Waals surface area contributed by atoms with Crippen LogP contribution in [0.5, 0.6) is 0 Å². The van der Waals surface area contributed by atoms with Gasteiger partial charge < -0.3 is 15.2 Å². The van der Waals surface area contributed by atoms with Crippen molar-refractivity contribution in [1.82, 2.24) is 5.32 Å². The van der Waals surface area contributed by atoms with Gasteiger partial charge in [-0.15, -0.1) is 0 Å². The van der Waals surface area contributed by atoms with Crippen LogP contribution in [0.4, 0.5) is 0 Å². The molecule has 0 aromatic carbocycles. The molecule has 0 aliphatic carbocycles. The first-order valence-corrected chi connectivity index (χ1v) is 3.99. The fourth-order valence-corrected chi connectivity index (χ4v) is 1.15. The summed E-state index contributed by atoms with van der Waals surface area (Å²) in [6, 6.07) is -0.480. The number of ether oxygens (including phenoxy) is 1. The van der Waals surface area contributed by atoms with Gasteiger partial charge in [0.15, 0.2) is 5.76 Å². The maximum Gasteiger partial charge on any atom is 0.340 e. The molecule has 2 N–H and O–H groups in total. The molecule has 1 amide bonds. The average Bonchev–Trinajstić information content (AvgIpc) is 2.27. The molecule has 0 bridgehead atoms. The first-order valence-electron chi connectivity index (χ1n) is 3.99. The van der Waals surface area contributed by atoms with Crippen molar-refractivity contribution in [2.24, 2.45) is 0 Å². The molecule has 5 heteroatoms. The summed E-state index contributed by atoms with van der Waals surface area (Å²) in [5.41, 5.74) is 0.00634. The van der Waals surface area contributed by atoms with E-state index in [4.69, 9.17) is 0 Å². The highest BCUT2D eigenvalue weighted by molar-refractivity contribution is 6.05. The molecule has 0 saturated carbocycles. The van der Waals surface area contributed by atoms with Gasteiger partial charge in [0.05, 0.1) is 12.6 Å². The summed E-state index contributed by atoms with van der Waals surface area (Å²) in [6.45, 7) is 3.48. The number of rotatable bonds is 2. The van der Waals surface area contributed by atoms with E-state index < -0.39 is 23.7 Å². The van der Waals surface area contributed by atoms with Crippen LogP contribution in [0.15, 0.2) is 11.3 Å². The zero-order valence-electron chi connectivity index (χ0n) is 7.46. The largest absolute Gasteiger partial charge is 0.503 e. The molecule has 0 aromatic heterocycles. The van der Waals surface area contributed by atoms with Crippen LogP contribution in [0.25, 0.3) is 0 Å². The molecular formula is C8H11NO4. The molecule has 72 valence electrons. The smallest absolute Gasteiger partial charge is 0.340 e. The molecule has 0 spiro atoms. The molecule has 0 saturated heterocycles. The lowest BCUT2D eigenvalue weighted by Gasteiger charge is -2.06. The van der Waals surface area contributed by atoms with E-state index in [0.29, 0.717) is 0 Å². The lowest BCUT2D eigenvalue weighted by Crippen LogP contribution is -2.28. The predicted molar refractivity (Wildman–Crippen MR) is 43.9 cm³/mol. The van der Waals surface area contributed by atoms with E-state index in [2.05, 4.69) is 10.1 Å². The van der Waals surface area contributed by atoms with Crippen molar-refractivity contribution in [1.29, 1.82) is 0 Å². The highest BCUT2D eigenvalue weighted by atomic mass is 16.5. The quantitative estimate of drug-likeness (QED) is 0.588. The van der Waals surface area contributed by atoms with Gasteiger partial charge in [-0.25, -0.2) is 4.79 Å². The third-order valence-electron chi connectivity index (χ3n) is 1.75. The van der Waals surface area contributed by atoms with Crippen molar-refractivity contribution in [3.05, 3.63) is 11.3 Å². The summed E-state index contributed by atoms with van der Waals surface area (Å²) in [6.07, 6.45) is 0. The number of aliphatic hydroxyl groups is 1. The SMILES string of the molecule is CCOC(=O)C1=C(O)C(=O)NC1C. The molecule has 1 unspecified atom stereocenters. The van der Waals surface area contributed by atoms with Gasteiger partial charge in [0.25, 0.3) is 5.91 Å². The summed E-state index contributed by atoms with van der Waals surface area (Å²) >= 11 is 0. The Balaban J connectivity index is 2.88. The Morgan fingerprint density at radius 3 is 2.69 bits per heavy atom. The van der Waals surface area contributed by atoms with E-state index in [1.54, 1.807) is 13.8 Å². The molecule has 1 heterocycles. The van der Waals surface area contributed by atoms with Crippen LogP contribution in [0.1, 0.15) is 13.8 Å². The maximum absolute atomic E-state index is 11.2. The van der Waals surface area contributed by atoms with Gasteiger partial charge in [0.1, 0.15) is 5.57 Å². The Hall–Kier alpha value is -1.52. The second kappa shape index (κ2) is 3.47. The number of hydrogen-bond acceptors (Lipinski definition) is 4. The Morgan fingerprint density at radius 1 is 1.69 bits per heavy atom. The van der Waals surface area contributed by atoms with Crippen LogP contribution < -0.4 is 5.32 Å². The average molecular weight is 185 g/mol. The van der Waals surface area contributed by atoms with Crippen LogP contribution in [0.3, 0.4) is 0 Å². The Morgan fingerprint density at radius 2 is 2.31 bits per heavy atom.